The molecule has 0 saturated heterocycles. The van der Waals surface area contributed by atoms with E-state index in [0.29, 0.717) is 22.9 Å². The number of guanidine groups is 1. The molecule has 1 amide bonds. The molecule has 1 atom stereocenters. The highest BCUT2D eigenvalue weighted by Gasteiger charge is 2.31. The van der Waals surface area contributed by atoms with E-state index in [1.54, 1.807) is 36.4 Å². The number of hydrogen-bond donors (Lipinski definition) is 2. The first kappa shape index (κ1) is 23.0. The number of hydrazone groups is 1. The number of halogens is 1. The number of ether oxygens (including phenoxy) is 1. The summed E-state index contributed by atoms with van der Waals surface area (Å²) in [4.78, 5) is 27.3. The van der Waals surface area contributed by atoms with Gasteiger partial charge in [-0.2, -0.15) is 10.1 Å². The third kappa shape index (κ3) is 5.41. The van der Waals surface area contributed by atoms with Gasteiger partial charge in [0.2, 0.25) is 5.96 Å². The van der Waals surface area contributed by atoms with Crippen molar-refractivity contribution in [3.63, 3.8) is 0 Å². The largest absolute Gasteiger partial charge is 0.482 e. The third-order valence-corrected chi connectivity index (χ3v) is 5.45. The van der Waals surface area contributed by atoms with Crippen LogP contribution in [0.15, 0.2) is 89.0 Å². The van der Waals surface area contributed by atoms with Crippen molar-refractivity contribution >= 4 is 35.1 Å². The fraction of sp³-hybridized carbons (Fsp3) is 0.120. The average molecular weight is 477 g/mol. The Hall–Kier alpha value is -4.17. The Morgan fingerprint density at radius 2 is 1.74 bits per heavy atom. The van der Waals surface area contributed by atoms with Gasteiger partial charge in [0, 0.05) is 16.5 Å². The minimum absolute atomic E-state index is 0.0164. The number of carbonyl (C=O) groups excluding carboxylic acids is 1. The van der Waals surface area contributed by atoms with Crippen LogP contribution in [0.25, 0.3) is 0 Å². The van der Waals surface area contributed by atoms with E-state index < -0.39 is 18.5 Å². The first-order valence-corrected chi connectivity index (χ1v) is 10.8. The highest BCUT2D eigenvalue weighted by atomic mass is 35.5. The Morgan fingerprint density at radius 3 is 2.38 bits per heavy atom. The van der Waals surface area contributed by atoms with Crippen LogP contribution in [-0.4, -0.2) is 46.8 Å². The summed E-state index contributed by atoms with van der Waals surface area (Å²) in [6.45, 7) is -0.0187. The summed E-state index contributed by atoms with van der Waals surface area (Å²) < 4.78 is 5.21. The monoisotopic (exact) mass is 476 g/mol. The average Bonchev–Trinajstić information content (AvgIpc) is 3.30. The van der Waals surface area contributed by atoms with E-state index >= 15 is 0 Å². The van der Waals surface area contributed by atoms with Crippen LogP contribution in [-0.2, 0) is 4.79 Å². The summed E-state index contributed by atoms with van der Waals surface area (Å²) in [6, 6.07) is 23.2. The van der Waals surface area contributed by atoms with Crippen molar-refractivity contribution in [2.45, 2.75) is 5.92 Å². The van der Waals surface area contributed by atoms with Crippen molar-refractivity contribution < 1.29 is 19.4 Å². The number of aliphatic carboxylic acids is 1. The number of nitrogens with two attached hydrogens (primary N) is 1. The highest BCUT2D eigenvalue weighted by molar-refractivity contribution is 6.30. The molecule has 0 aromatic heterocycles. The van der Waals surface area contributed by atoms with Crippen LogP contribution >= 0.6 is 11.6 Å². The summed E-state index contributed by atoms with van der Waals surface area (Å²) in [5.41, 5.74) is 9.13. The van der Waals surface area contributed by atoms with Crippen molar-refractivity contribution in [2.75, 3.05) is 13.2 Å². The van der Waals surface area contributed by atoms with Gasteiger partial charge in [0.05, 0.1) is 12.3 Å². The maximum absolute atomic E-state index is 12.5. The third-order valence-electron chi connectivity index (χ3n) is 5.20. The maximum Gasteiger partial charge on any atom is 0.341 e. The summed E-state index contributed by atoms with van der Waals surface area (Å²) in [6.07, 6.45) is 0. The van der Waals surface area contributed by atoms with Crippen molar-refractivity contribution in [1.82, 2.24) is 5.01 Å². The lowest BCUT2D eigenvalue weighted by Crippen LogP contribution is -2.33. The van der Waals surface area contributed by atoms with Gasteiger partial charge in [0.15, 0.2) is 6.61 Å². The van der Waals surface area contributed by atoms with Crippen molar-refractivity contribution in [3.05, 3.63) is 101 Å². The lowest BCUT2D eigenvalue weighted by Gasteiger charge is -2.15. The zero-order chi connectivity index (χ0) is 24.1. The molecule has 0 bridgehead atoms. The molecule has 0 radical (unpaired) electrons. The molecule has 34 heavy (non-hydrogen) atoms. The smallest absolute Gasteiger partial charge is 0.341 e. The first-order valence-electron chi connectivity index (χ1n) is 10.4. The molecule has 0 saturated carbocycles. The molecule has 0 aliphatic carbocycles. The fourth-order valence-corrected chi connectivity index (χ4v) is 3.66. The van der Waals surface area contributed by atoms with Gasteiger partial charge in [-0.05, 0) is 59.7 Å². The van der Waals surface area contributed by atoms with Crippen LogP contribution in [0.2, 0.25) is 5.02 Å². The minimum Gasteiger partial charge on any atom is -0.482 e. The SMILES string of the molecule is NC(=NC(=O)c1ccc(Cl)cc1)N1CC(c2ccccc2)C(c2ccc(OCC(=O)O)cc2)=N1. The van der Waals surface area contributed by atoms with Crippen molar-refractivity contribution in [3.8, 4) is 5.75 Å². The van der Waals surface area contributed by atoms with E-state index in [9.17, 15) is 9.59 Å². The number of carbonyl (C=O) groups is 2. The second-order valence-electron chi connectivity index (χ2n) is 7.52. The second-order valence-corrected chi connectivity index (χ2v) is 7.96. The number of nitrogens with zero attached hydrogens (tertiary/aromatic N) is 3. The summed E-state index contributed by atoms with van der Waals surface area (Å²) in [5, 5.41) is 15.5. The van der Waals surface area contributed by atoms with E-state index in [2.05, 4.69) is 10.1 Å². The predicted molar refractivity (Wildman–Crippen MR) is 129 cm³/mol. The molecule has 3 aromatic carbocycles. The van der Waals surface area contributed by atoms with Gasteiger partial charge in [-0.15, -0.1) is 0 Å². The highest BCUT2D eigenvalue weighted by Crippen LogP contribution is 2.29. The normalized spacial score (nSPS) is 15.7. The molecule has 1 aliphatic heterocycles. The van der Waals surface area contributed by atoms with Gasteiger partial charge in [0.1, 0.15) is 5.75 Å². The molecule has 9 heteroatoms. The summed E-state index contributed by atoms with van der Waals surface area (Å²) in [7, 11) is 0. The van der Waals surface area contributed by atoms with Crippen LogP contribution in [0.3, 0.4) is 0 Å². The molecular formula is C25H21ClN4O4. The number of aliphatic imine (C=N–C) groups is 1. The fourth-order valence-electron chi connectivity index (χ4n) is 3.54. The van der Waals surface area contributed by atoms with Crippen LogP contribution in [0.5, 0.6) is 5.75 Å². The molecule has 8 nitrogen and oxygen atoms in total. The number of hydrogen-bond acceptors (Lipinski definition) is 4. The number of amides is 1. The molecule has 4 rings (SSSR count). The molecule has 1 heterocycles. The second kappa shape index (κ2) is 10.2. The molecule has 3 N–H and O–H groups in total. The first-order chi connectivity index (χ1) is 16.4. The van der Waals surface area contributed by atoms with Crippen LogP contribution in [0.1, 0.15) is 27.4 Å². The Balaban J connectivity index is 1.61. The number of benzene rings is 3. The maximum atomic E-state index is 12.5. The Labute approximate surface area is 200 Å². The van der Waals surface area contributed by atoms with Gasteiger partial charge in [0.25, 0.3) is 5.91 Å². The van der Waals surface area contributed by atoms with Gasteiger partial charge in [-0.1, -0.05) is 41.9 Å². The predicted octanol–water partition coefficient (Wildman–Crippen LogP) is 3.76. The molecule has 172 valence electrons. The number of carboxylic acids is 1. The quantitative estimate of drug-likeness (QED) is 0.413. The molecule has 0 spiro atoms. The van der Waals surface area contributed by atoms with Crippen LogP contribution in [0, 0.1) is 0 Å². The van der Waals surface area contributed by atoms with Crippen molar-refractivity contribution in [1.29, 1.82) is 0 Å². The lowest BCUT2D eigenvalue weighted by atomic mass is 9.90. The van der Waals surface area contributed by atoms with Crippen LogP contribution < -0.4 is 10.5 Å². The standard InChI is InChI=1S/C25H21ClN4O4/c26-19-10-6-18(7-11-19)24(33)28-25(27)30-14-21(16-4-2-1-3-5-16)23(29-30)17-8-12-20(13-9-17)34-15-22(31)32/h1-13,21H,14-15H2,(H,31,32)(H2,27,28,33). The van der Waals surface area contributed by atoms with Gasteiger partial charge in [-0.25, -0.2) is 9.80 Å². The molecule has 0 fully saturated rings. The van der Waals surface area contributed by atoms with Crippen molar-refractivity contribution in [2.24, 2.45) is 15.8 Å². The topological polar surface area (TPSA) is 118 Å². The van der Waals surface area contributed by atoms with E-state index in [1.807, 2.05) is 42.5 Å². The van der Waals surface area contributed by atoms with E-state index in [0.717, 1.165) is 16.8 Å². The van der Waals surface area contributed by atoms with E-state index in [-0.39, 0.29) is 11.9 Å². The van der Waals surface area contributed by atoms with Gasteiger partial charge >= 0.3 is 5.97 Å². The molecular weight excluding hydrogens is 456 g/mol. The zero-order valence-electron chi connectivity index (χ0n) is 18.0. The Kier molecular flexibility index (Phi) is 6.89. The lowest BCUT2D eigenvalue weighted by molar-refractivity contribution is -0.139. The summed E-state index contributed by atoms with van der Waals surface area (Å²) >= 11 is 5.88. The molecule has 1 unspecified atom stereocenters. The van der Waals surface area contributed by atoms with Gasteiger partial charge in [-0.3, -0.25) is 4.79 Å². The molecule has 3 aromatic rings. The van der Waals surface area contributed by atoms with Gasteiger partial charge < -0.3 is 15.6 Å². The zero-order valence-corrected chi connectivity index (χ0v) is 18.7. The Bertz CT molecular complexity index is 1240. The number of rotatable bonds is 6. The van der Waals surface area contributed by atoms with E-state index in [4.69, 9.17) is 27.2 Å². The van der Waals surface area contributed by atoms with Crippen LogP contribution in [0.4, 0.5) is 0 Å². The molecule has 1 aliphatic rings. The summed E-state index contributed by atoms with van der Waals surface area (Å²) in [5.74, 6) is -1.24. The Morgan fingerprint density at radius 1 is 1.06 bits per heavy atom. The minimum atomic E-state index is -1.05. The van der Waals surface area contributed by atoms with E-state index in [1.165, 1.54) is 5.01 Å². The number of carboxylic acid groups (broad SMARTS) is 1.